The van der Waals surface area contributed by atoms with Gasteiger partial charge in [-0.3, -0.25) is 4.79 Å². The molecule has 1 aromatic carbocycles. The maximum Gasteiger partial charge on any atom is 0.259 e. The number of hydrogen-bond donors (Lipinski definition) is 0. The Morgan fingerprint density at radius 1 is 1.12 bits per heavy atom. The molecule has 132 valence electrons. The lowest BCUT2D eigenvalue weighted by Gasteiger charge is -2.24. The summed E-state index contributed by atoms with van der Waals surface area (Å²) in [6.07, 6.45) is 4.63. The van der Waals surface area contributed by atoms with Crippen molar-refractivity contribution in [1.82, 2.24) is 19.7 Å². The van der Waals surface area contributed by atoms with E-state index in [4.69, 9.17) is 0 Å². The molecular weight excluding hydrogens is 328 g/mol. The smallest absolute Gasteiger partial charge is 0.259 e. The van der Waals surface area contributed by atoms with Crippen molar-refractivity contribution >= 4 is 17.3 Å². The molecule has 0 radical (unpaired) electrons. The van der Waals surface area contributed by atoms with Gasteiger partial charge in [0.15, 0.2) is 5.82 Å². The number of aromatic nitrogens is 4. The van der Waals surface area contributed by atoms with Crippen LogP contribution in [0.4, 0.5) is 11.4 Å². The standard InChI is InChI=1S/C19H20N6O/c1-14-10-23(2)16-5-3-4-6-17(16)24(11-14)19(26)15-7-8-18(21-9-15)25-13-20-12-22-25/h3-9,12-14H,10-11H2,1-2H3/t14-/m0/s1. The fourth-order valence-electron chi connectivity index (χ4n) is 3.37. The minimum absolute atomic E-state index is 0.0442. The Balaban J connectivity index is 1.67. The molecule has 2 aromatic heterocycles. The SMILES string of the molecule is C[C@H]1CN(C)c2ccccc2N(C(=O)c2ccc(-n3cncn3)nc2)C1. The predicted octanol–water partition coefficient (Wildman–Crippen LogP) is 2.40. The summed E-state index contributed by atoms with van der Waals surface area (Å²) in [5.74, 6) is 0.944. The number of nitrogens with zero attached hydrogens (tertiary/aromatic N) is 6. The number of carbonyl (C=O) groups excluding carboxylic acids is 1. The van der Waals surface area contributed by atoms with Gasteiger partial charge in [0.05, 0.1) is 16.9 Å². The van der Waals surface area contributed by atoms with Gasteiger partial charge in [-0.25, -0.2) is 14.6 Å². The van der Waals surface area contributed by atoms with Crippen LogP contribution in [-0.2, 0) is 0 Å². The summed E-state index contributed by atoms with van der Waals surface area (Å²) in [7, 11) is 2.07. The molecule has 0 unspecified atom stereocenters. The van der Waals surface area contributed by atoms with Crippen LogP contribution in [0.5, 0.6) is 0 Å². The Labute approximate surface area is 151 Å². The van der Waals surface area contributed by atoms with Gasteiger partial charge in [0.1, 0.15) is 12.7 Å². The number of hydrogen-bond acceptors (Lipinski definition) is 5. The van der Waals surface area contributed by atoms with Crippen molar-refractivity contribution in [2.24, 2.45) is 5.92 Å². The van der Waals surface area contributed by atoms with Crippen LogP contribution in [-0.4, -0.2) is 45.8 Å². The van der Waals surface area contributed by atoms with Crippen LogP contribution in [0, 0.1) is 5.92 Å². The molecule has 7 heteroatoms. The van der Waals surface area contributed by atoms with Crippen molar-refractivity contribution in [3.8, 4) is 5.82 Å². The van der Waals surface area contributed by atoms with E-state index >= 15 is 0 Å². The van der Waals surface area contributed by atoms with E-state index in [1.165, 1.54) is 6.33 Å². The van der Waals surface area contributed by atoms with Crippen LogP contribution in [0.1, 0.15) is 17.3 Å². The second-order valence-electron chi connectivity index (χ2n) is 6.64. The van der Waals surface area contributed by atoms with Gasteiger partial charge in [0.2, 0.25) is 0 Å². The van der Waals surface area contributed by atoms with E-state index in [1.807, 2.05) is 23.1 Å². The maximum absolute atomic E-state index is 13.2. The summed E-state index contributed by atoms with van der Waals surface area (Å²) >= 11 is 0. The van der Waals surface area contributed by atoms with Crippen molar-refractivity contribution < 1.29 is 4.79 Å². The molecule has 1 aliphatic rings. The number of rotatable bonds is 2. The number of amides is 1. The van der Waals surface area contributed by atoms with E-state index in [1.54, 1.807) is 29.3 Å². The van der Waals surface area contributed by atoms with E-state index in [2.05, 4.69) is 40.0 Å². The van der Waals surface area contributed by atoms with Gasteiger partial charge in [-0.15, -0.1) is 0 Å². The van der Waals surface area contributed by atoms with Crippen LogP contribution >= 0.6 is 0 Å². The molecule has 0 bridgehead atoms. The maximum atomic E-state index is 13.2. The zero-order valence-electron chi connectivity index (χ0n) is 14.8. The highest BCUT2D eigenvalue weighted by molar-refractivity contribution is 6.07. The van der Waals surface area contributed by atoms with Gasteiger partial charge in [-0.2, -0.15) is 5.10 Å². The average Bonchev–Trinajstić information content (AvgIpc) is 3.16. The topological polar surface area (TPSA) is 67.2 Å². The lowest BCUT2D eigenvalue weighted by molar-refractivity contribution is 0.0984. The molecule has 0 saturated heterocycles. The predicted molar refractivity (Wildman–Crippen MR) is 99.7 cm³/mol. The first-order chi connectivity index (χ1) is 12.6. The lowest BCUT2D eigenvalue weighted by atomic mass is 10.1. The molecule has 7 nitrogen and oxygen atoms in total. The number of para-hydroxylation sites is 2. The fraction of sp³-hybridized carbons (Fsp3) is 0.263. The second kappa shape index (κ2) is 6.59. The minimum Gasteiger partial charge on any atom is -0.373 e. The first kappa shape index (κ1) is 16.3. The molecule has 0 N–H and O–H groups in total. The van der Waals surface area contributed by atoms with Crippen LogP contribution in [0.25, 0.3) is 5.82 Å². The molecule has 0 spiro atoms. The minimum atomic E-state index is -0.0442. The molecule has 26 heavy (non-hydrogen) atoms. The molecule has 0 aliphatic carbocycles. The van der Waals surface area contributed by atoms with Crippen LogP contribution < -0.4 is 9.80 Å². The van der Waals surface area contributed by atoms with Crippen LogP contribution in [0.3, 0.4) is 0 Å². The van der Waals surface area contributed by atoms with Crippen molar-refractivity contribution in [1.29, 1.82) is 0 Å². The highest BCUT2D eigenvalue weighted by atomic mass is 16.2. The molecule has 1 atom stereocenters. The number of benzene rings is 1. The van der Waals surface area contributed by atoms with Crippen molar-refractivity contribution in [3.05, 3.63) is 60.8 Å². The highest BCUT2D eigenvalue weighted by Gasteiger charge is 2.27. The number of pyridine rings is 1. The van der Waals surface area contributed by atoms with Crippen LogP contribution in [0.2, 0.25) is 0 Å². The first-order valence-corrected chi connectivity index (χ1v) is 8.56. The summed E-state index contributed by atoms with van der Waals surface area (Å²) < 4.78 is 1.56. The third-order valence-corrected chi connectivity index (χ3v) is 4.56. The number of fused-ring (bicyclic) bond motifs is 1. The van der Waals surface area contributed by atoms with E-state index in [0.29, 0.717) is 23.8 Å². The molecule has 0 fully saturated rings. The van der Waals surface area contributed by atoms with E-state index in [0.717, 1.165) is 17.9 Å². The largest absolute Gasteiger partial charge is 0.373 e. The van der Waals surface area contributed by atoms with Crippen LogP contribution in [0.15, 0.2) is 55.2 Å². The number of anilines is 2. The normalized spacial score (nSPS) is 16.9. The van der Waals surface area contributed by atoms with E-state index in [-0.39, 0.29) is 5.91 Å². The molecule has 1 aliphatic heterocycles. The Bertz CT molecular complexity index is 906. The van der Waals surface area contributed by atoms with Crippen molar-refractivity contribution in [3.63, 3.8) is 0 Å². The van der Waals surface area contributed by atoms with E-state index < -0.39 is 0 Å². The molecular formula is C19H20N6O. The monoisotopic (exact) mass is 348 g/mol. The zero-order valence-corrected chi connectivity index (χ0v) is 14.8. The third kappa shape index (κ3) is 2.92. The average molecular weight is 348 g/mol. The molecule has 3 heterocycles. The fourth-order valence-corrected chi connectivity index (χ4v) is 3.37. The highest BCUT2D eigenvalue weighted by Crippen LogP contribution is 2.33. The van der Waals surface area contributed by atoms with Gasteiger partial charge < -0.3 is 9.80 Å². The zero-order chi connectivity index (χ0) is 18.1. The summed E-state index contributed by atoms with van der Waals surface area (Å²) in [5.41, 5.74) is 2.56. The van der Waals surface area contributed by atoms with E-state index in [9.17, 15) is 4.79 Å². The quantitative estimate of drug-likeness (QED) is 0.711. The Hall–Kier alpha value is -3.22. The van der Waals surface area contributed by atoms with Gasteiger partial charge in [0.25, 0.3) is 5.91 Å². The Kier molecular flexibility index (Phi) is 4.12. The second-order valence-corrected chi connectivity index (χ2v) is 6.64. The van der Waals surface area contributed by atoms with Crippen molar-refractivity contribution in [2.45, 2.75) is 6.92 Å². The summed E-state index contributed by atoms with van der Waals surface area (Å²) in [6, 6.07) is 11.6. The lowest BCUT2D eigenvalue weighted by Crippen LogP contribution is -2.35. The molecule has 0 saturated carbocycles. The van der Waals surface area contributed by atoms with Crippen molar-refractivity contribution in [2.75, 3.05) is 29.9 Å². The third-order valence-electron chi connectivity index (χ3n) is 4.56. The summed E-state index contributed by atoms with van der Waals surface area (Å²) in [6.45, 7) is 3.74. The Morgan fingerprint density at radius 3 is 2.62 bits per heavy atom. The summed E-state index contributed by atoms with van der Waals surface area (Å²) in [4.78, 5) is 25.5. The van der Waals surface area contributed by atoms with Gasteiger partial charge in [-0.1, -0.05) is 19.1 Å². The van der Waals surface area contributed by atoms with Gasteiger partial charge in [-0.05, 0) is 30.2 Å². The molecule has 4 rings (SSSR count). The van der Waals surface area contributed by atoms with Gasteiger partial charge >= 0.3 is 0 Å². The number of carbonyl (C=O) groups is 1. The summed E-state index contributed by atoms with van der Waals surface area (Å²) in [5, 5.41) is 4.05. The first-order valence-electron chi connectivity index (χ1n) is 8.56. The molecule has 1 amide bonds. The Morgan fingerprint density at radius 2 is 1.92 bits per heavy atom. The van der Waals surface area contributed by atoms with Gasteiger partial charge in [0, 0.05) is 26.3 Å². The molecule has 3 aromatic rings.